The number of nitrogens with one attached hydrogen (secondary N) is 1. The molecule has 2 atom stereocenters. The van der Waals surface area contributed by atoms with Crippen LogP contribution in [-0.2, 0) is 32.0 Å². The number of carboxylic acids is 1. The fourth-order valence-electron chi connectivity index (χ4n) is 5.26. The van der Waals surface area contributed by atoms with E-state index in [0.717, 1.165) is 21.9 Å². The zero-order chi connectivity index (χ0) is 34.1. The van der Waals surface area contributed by atoms with Gasteiger partial charge < -0.3 is 26.0 Å². The number of aliphatic carboxylic acids is 1. The van der Waals surface area contributed by atoms with Crippen molar-refractivity contribution in [3.63, 3.8) is 0 Å². The molecule has 0 spiro atoms. The molecule has 3 rings (SSSR count). The number of rotatable bonds is 15. The highest BCUT2D eigenvalue weighted by Gasteiger charge is 2.35. The van der Waals surface area contributed by atoms with Gasteiger partial charge in [0.2, 0.25) is 17.7 Å². The topological polar surface area (TPSA) is 133 Å². The summed E-state index contributed by atoms with van der Waals surface area (Å²) in [6, 6.07) is 21.4. The van der Waals surface area contributed by atoms with E-state index in [1.807, 2.05) is 86.6 Å². The van der Waals surface area contributed by atoms with Gasteiger partial charge in [0.05, 0.1) is 6.42 Å². The van der Waals surface area contributed by atoms with Gasteiger partial charge in [-0.3, -0.25) is 19.2 Å². The van der Waals surface area contributed by atoms with E-state index < -0.39 is 40.8 Å². The molecule has 3 aromatic rings. The van der Waals surface area contributed by atoms with Crippen LogP contribution in [0.4, 0.5) is 0 Å². The molecule has 246 valence electrons. The number of nitrogens with two attached hydrogens (primary N) is 1. The molecule has 0 bridgehead atoms. The van der Waals surface area contributed by atoms with E-state index in [1.165, 1.54) is 15.9 Å². The molecule has 4 N–H and O–H groups in total. The number of amides is 3. The first-order valence-corrected chi connectivity index (χ1v) is 15.6. The molecular formula is C37H48N4O5. The molecule has 0 fully saturated rings. The molecule has 9 nitrogen and oxygen atoms in total. The highest BCUT2D eigenvalue weighted by molar-refractivity contribution is 5.95. The van der Waals surface area contributed by atoms with Crippen molar-refractivity contribution in [3.05, 3.63) is 96.1 Å². The molecule has 3 amide bonds. The standard InChI is InChI=1S/C37H48N4O5/c1-36(2,24-33(43)44)25-39-34(45)30(22-26-13-8-7-9-14-26)41(6)35(46)31(40(5)32(42)17-12-20-37(3,4)38)23-27-18-19-28-15-10-11-16-29(28)21-27/h7-19,21,30-31H,20,22-25,38H2,1-6H3,(H,39,45)(H,43,44)/b17-12+/t30-,31-/m1/s1. The largest absolute Gasteiger partial charge is 0.481 e. The summed E-state index contributed by atoms with van der Waals surface area (Å²) in [5, 5.41) is 14.3. The lowest BCUT2D eigenvalue weighted by Crippen LogP contribution is -2.56. The van der Waals surface area contributed by atoms with E-state index in [9.17, 15) is 24.3 Å². The van der Waals surface area contributed by atoms with Crippen LogP contribution in [0.1, 0.15) is 51.7 Å². The van der Waals surface area contributed by atoms with Crippen LogP contribution in [-0.4, -0.2) is 76.9 Å². The number of nitrogens with zero attached hydrogens (tertiary/aromatic N) is 2. The van der Waals surface area contributed by atoms with Crippen LogP contribution in [0.15, 0.2) is 84.9 Å². The van der Waals surface area contributed by atoms with Crippen molar-refractivity contribution in [1.82, 2.24) is 15.1 Å². The number of fused-ring (bicyclic) bond motifs is 1. The minimum Gasteiger partial charge on any atom is -0.481 e. The summed E-state index contributed by atoms with van der Waals surface area (Å²) >= 11 is 0. The van der Waals surface area contributed by atoms with Gasteiger partial charge in [-0.25, -0.2) is 0 Å². The Morgan fingerprint density at radius 1 is 0.826 bits per heavy atom. The van der Waals surface area contributed by atoms with Gasteiger partial charge in [0.25, 0.3) is 0 Å². The van der Waals surface area contributed by atoms with Crippen LogP contribution < -0.4 is 11.1 Å². The molecule has 9 heteroatoms. The van der Waals surface area contributed by atoms with E-state index in [1.54, 1.807) is 34.0 Å². The first kappa shape index (κ1) is 36.0. The van der Waals surface area contributed by atoms with Crippen molar-refractivity contribution in [2.24, 2.45) is 11.1 Å². The maximum Gasteiger partial charge on any atom is 0.303 e. The zero-order valence-corrected chi connectivity index (χ0v) is 27.8. The first-order valence-electron chi connectivity index (χ1n) is 15.6. The number of hydrogen-bond donors (Lipinski definition) is 3. The number of likely N-dealkylation sites (N-methyl/N-ethyl adjacent to an activating group) is 2. The highest BCUT2D eigenvalue weighted by Crippen LogP contribution is 2.22. The lowest BCUT2D eigenvalue weighted by atomic mass is 9.89. The second-order valence-corrected chi connectivity index (χ2v) is 13.6. The number of carboxylic acid groups (broad SMARTS) is 1. The Labute approximate surface area is 272 Å². The Bertz CT molecular complexity index is 1540. The average molecular weight is 629 g/mol. The van der Waals surface area contributed by atoms with E-state index in [2.05, 4.69) is 5.32 Å². The van der Waals surface area contributed by atoms with E-state index >= 15 is 0 Å². The Morgan fingerprint density at radius 3 is 2.07 bits per heavy atom. The van der Waals surface area contributed by atoms with Crippen LogP contribution in [0.5, 0.6) is 0 Å². The van der Waals surface area contributed by atoms with Gasteiger partial charge in [-0.1, -0.05) is 92.7 Å². The third kappa shape index (κ3) is 10.8. The van der Waals surface area contributed by atoms with Gasteiger partial charge in [-0.05, 0) is 53.7 Å². The lowest BCUT2D eigenvalue weighted by molar-refractivity contribution is -0.146. The predicted molar refractivity (Wildman–Crippen MR) is 182 cm³/mol. The molecule has 0 heterocycles. The fourth-order valence-corrected chi connectivity index (χ4v) is 5.26. The Hall–Kier alpha value is -4.50. The SMILES string of the molecule is CN(C(=O)/C=C/CC(C)(C)N)[C@H](Cc1ccc2ccccc2c1)C(=O)N(C)[C@H](Cc1ccccc1)C(=O)NCC(C)(C)CC(=O)O. The highest BCUT2D eigenvalue weighted by atomic mass is 16.4. The number of carbonyl (C=O) groups excluding carboxylic acids is 3. The molecule has 0 aliphatic carbocycles. The smallest absolute Gasteiger partial charge is 0.303 e. The van der Waals surface area contributed by atoms with Crippen LogP contribution in [0.3, 0.4) is 0 Å². The molecule has 0 aliphatic rings. The Morgan fingerprint density at radius 2 is 1.43 bits per heavy atom. The van der Waals surface area contributed by atoms with Crippen LogP contribution in [0.2, 0.25) is 0 Å². The summed E-state index contributed by atoms with van der Waals surface area (Å²) in [5.41, 5.74) is 6.63. The first-order chi connectivity index (χ1) is 21.6. The summed E-state index contributed by atoms with van der Waals surface area (Å²) in [6.07, 6.45) is 3.98. The second kappa shape index (κ2) is 15.7. The van der Waals surface area contributed by atoms with Crippen LogP contribution >= 0.6 is 0 Å². The summed E-state index contributed by atoms with van der Waals surface area (Å²) in [7, 11) is 3.18. The maximum absolute atomic E-state index is 14.4. The fraction of sp³-hybridized carbons (Fsp3) is 0.405. The van der Waals surface area contributed by atoms with Gasteiger partial charge in [0, 0.05) is 39.0 Å². The van der Waals surface area contributed by atoms with Crippen molar-refractivity contribution in [3.8, 4) is 0 Å². The third-order valence-corrected chi connectivity index (χ3v) is 8.01. The number of carbonyl (C=O) groups is 4. The monoisotopic (exact) mass is 628 g/mol. The van der Waals surface area contributed by atoms with Crippen molar-refractivity contribution < 1.29 is 24.3 Å². The van der Waals surface area contributed by atoms with Crippen molar-refractivity contribution in [2.45, 2.75) is 71.0 Å². The molecule has 3 aromatic carbocycles. The van der Waals surface area contributed by atoms with Gasteiger partial charge in [0.15, 0.2) is 0 Å². The normalized spacial score (nSPS) is 13.3. The maximum atomic E-state index is 14.4. The van der Waals surface area contributed by atoms with Gasteiger partial charge in [0.1, 0.15) is 12.1 Å². The summed E-state index contributed by atoms with van der Waals surface area (Å²) in [5.74, 6) is -2.10. The average Bonchev–Trinajstić information content (AvgIpc) is 2.99. The van der Waals surface area contributed by atoms with E-state index in [0.29, 0.717) is 6.42 Å². The Kier molecular flexibility index (Phi) is 12.3. The van der Waals surface area contributed by atoms with Gasteiger partial charge in [-0.2, -0.15) is 0 Å². The third-order valence-electron chi connectivity index (χ3n) is 8.01. The van der Waals surface area contributed by atoms with E-state index in [-0.39, 0.29) is 31.7 Å². The molecule has 0 aliphatic heterocycles. The van der Waals surface area contributed by atoms with E-state index in [4.69, 9.17) is 5.73 Å². The summed E-state index contributed by atoms with van der Waals surface area (Å²) in [6.45, 7) is 7.39. The quantitative estimate of drug-likeness (QED) is 0.211. The molecule has 0 saturated heterocycles. The predicted octanol–water partition coefficient (Wildman–Crippen LogP) is 4.58. The van der Waals surface area contributed by atoms with Crippen molar-refractivity contribution in [2.75, 3.05) is 20.6 Å². The molecule has 0 aromatic heterocycles. The summed E-state index contributed by atoms with van der Waals surface area (Å²) in [4.78, 5) is 55.7. The summed E-state index contributed by atoms with van der Waals surface area (Å²) < 4.78 is 0. The van der Waals surface area contributed by atoms with Crippen LogP contribution in [0, 0.1) is 5.41 Å². The van der Waals surface area contributed by atoms with Crippen LogP contribution in [0.25, 0.3) is 10.8 Å². The zero-order valence-electron chi connectivity index (χ0n) is 27.8. The minimum absolute atomic E-state index is 0.118. The molecule has 0 saturated carbocycles. The van der Waals surface area contributed by atoms with Gasteiger partial charge in [-0.15, -0.1) is 0 Å². The molecule has 0 unspecified atom stereocenters. The number of benzene rings is 3. The van der Waals surface area contributed by atoms with Crippen molar-refractivity contribution in [1.29, 1.82) is 0 Å². The molecule has 46 heavy (non-hydrogen) atoms. The lowest BCUT2D eigenvalue weighted by Gasteiger charge is -2.35. The molecular weight excluding hydrogens is 580 g/mol. The minimum atomic E-state index is -0.958. The second-order valence-electron chi connectivity index (χ2n) is 13.6. The molecule has 0 radical (unpaired) electrons. The van der Waals surface area contributed by atoms with Gasteiger partial charge >= 0.3 is 5.97 Å². The van der Waals surface area contributed by atoms with Crippen molar-refractivity contribution >= 4 is 34.5 Å². The Balaban J connectivity index is 1.95. The number of hydrogen-bond acceptors (Lipinski definition) is 5.